The molecule has 1 aromatic heterocycles. The van der Waals surface area contributed by atoms with E-state index in [1.807, 2.05) is 0 Å². The molecule has 0 spiro atoms. The lowest BCUT2D eigenvalue weighted by Gasteiger charge is -2.32. The Bertz CT molecular complexity index is 2000. The molecule has 1 atom stereocenters. The highest BCUT2D eigenvalue weighted by Crippen LogP contribution is 2.43. The predicted octanol–water partition coefficient (Wildman–Crippen LogP) is 5.69. The van der Waals surface area contributed by atoms with Gasteiger partial charge in [-0.2, -0.15) is 0 Å². The predicted molar refractivity (Wildman–Crippen MR) is 172 cm³/mol. The number of hydrogen-bond acceptors (Lipinski definition) is 10. The van der Waals surface area contributed by atoms with Gasteiger partial charge in [0.15, 0.2) is 11.9 Å². The minimum Gasteiger partial charge on any atom is -0.487 e. The molecule has 0 saturated carbocycles. The number of esters is 1. The van der Waals surface area contributed by atoms with Crippen molar-refractivity contribution < 1.29 is 40.6 Å². The molecule has 0 unspecified atom stereocenters. The number of ether oxygens (including phenoxy) is 3. The van der Waals surface area contributed by atoms with Crippen LogP contribution in [0.2, 0.25) is 5.02 Å². The summed E-state index contributed by atoms with van der Waals surface area (Å²) in [6.45, 7) is 4.30. The average Bonchev–Trinajstić information content (AvgIpc) is 3.44. The van der Waals surface area contributed by atoms with Gasteiger partial charge in [-0.05, 0) is 49.2 Å². The Morgan fingerprint density at radius 1 is 1.12 bits per heavy atom. The van der Waals surface area contributed by atoms with Gasteiger partial charge in [-0.25, -0.2) is 31.6 Å². The molecule has 2 aliphatic rings. The van der Waals surface area contributed by atoms with Crippen LogP contribution >= 0.6 is 11.6 Å². The lowest BCUT2D eigenvalue weighted by Crippen LogP contribution is -2.40. The molecule has 11 nitrogen and oxygen atoms in total. The fourth-order valence-electron chi connectivity index (χ4n) is 5.84. The Hall–Kier alpha value is -4.18. The maximum absolute atomic E-state index is 15.9. The van der Waals surface area contributed by atoms with E-state index in [9.17, 15) is 13.2 Å². The summed E-state index contributed by atoms with van der Waals surface area (Å²) in [5, 5.41) is 3.19. The quantitative estimate of drug-likeness (QED) is 0.199. The van der Waals surface area contributed by atoms with Gasteiger partial charge in [-0.3, -0.25) is 9.52 Å². The molecule has 2 N–H and O–H groups in total. The van der Waals surface area contributed by atoms with Gasteiger partial charge in [0.05, 0.1) is 28.8 Å². The van der Waals surface area contributed by atoms with Crippen LogP contribution in [0, 0.1) is 17.5 Å². The van der Waals surface area contributed by atoms with E-state index >= 15 is 13.2 Å². The number of fused-ring (bicyclic) bond motifs is 2. The van der Waals surface area contributed by atoms with Crippen molar-refractivity contribution in [3.05, 3.63) is 70.6 Å². The van der Waals surface area contributed by atoms with Crippen LogP contribution in [0.5, 0.6) is 5.75 Å². The van der Waals surface area contributed by atoms with E-state index in [0.29, 0.717) is 12.6 Å². The average molecular weight is 706 g/mol. The van der Waals surface area contributed by atoms with E-state index in [1.54, 1.807) is 7.11 Å². The van der Waals surface area contributed by atoms with E-state index in [-0.39, 0.29) is 39.9 Å². The number of likely N-dealkylation sites (tertiary alicyclic amines) is 1. The van der Waals surface area contributed by atoms with Gasteiger partial charge in [-0.1, -0.05) is 11.6 Å². The number of rotatable bonds is 10. The molecule has 48 heavy (non-hydrogen) atoms. The molecule has 2 aliphatic heterocycles. The first-order valence-corrected chi connectivity index (χ1v) is 16.9. The molecule has 0 aliphatic carbocycles. The molecule has 16 heteroatoms. The van der Waals surface area contributed by atoms with Crippen molar-refractivity contribution >= 4 is 50.1 Å². The van der Waals surface area contributed by atoms with E-state index in [2.05, 4.69) is 24.9 Å². The number of carbonyl (C=O) groups is 1. The van der Waals surface area contributed by atoms with Gasteiger partial charge in [0.2, 0.25) is 5.95 Å². The summed E-state index contributed by atoms with van der Waals surface area (Å²) in [6, 6.07) is 6.88. The molecular weight excluding hydrogens is 675 g/mol. The molecule has 0 radical (unpaired) electrons. The van der Waals surface area contributed by atoms with E-state index in [4.69, 9.17) is 25.8 Å². The normalized spacial score (nSPS) is 16.8. The number of piperidine rings is 1. The van der Waals surface area contributed by atoms with Crippen LogP contribution in [-0.4, -0.2) is 75.3 Å². The summed E-state index contributed by atoms with van der Waals surface area (Å²) in [6.07, 6.45) is 2.05. The highest BCUT2D eigenvalue weighted by Gasteiger charge is 2.34. The molecule has 6 rings (SSSR count). The minimum atomic E-state index is -4.61. The van der Waals surface area contributed by atoms with Crippen LogP contribution in [0.3, 0.4) is 0 Å². The smallest absolute Gasteiger partial charge is 0.303 e. The standard InChI is InChI=1S/C32H31ClF3N5O6S/c1-17(42)47-26-16-46-31-21(26)13-18(33)14-27(31)48(43,44)40-25-6-4-23(34)28(30(25)36)20-3-5-24-22(29(20)35)15-37-32(39-24)38-19-7-9-41(10-8-19)11-12-45-2/h3-6,13-15,19,26,40H,7-12,16H2,1-2H3,(H,37,38,39)/t26-/m1/s1. The monoisotopic (exact) mass is 705 g/mol. The summed E-state index contributed by atoms with van der Waals surface area (Å²) >= 11 is 6.17. The zero-order valence-electron chi connectivity index (χ0n) is 25.9. The van der Waals surface area contributed by atoms with Crippen LogP contribution in [0.4, 0.5) is 24.8 Å². The van der Waals surface area contributed by atoms with Crippen molar-refractivity contribution in [2.24, 2.45) is 0 Å². The Balaban J connectivity index is 1.26. The van der Waals surface area contributed by atoms with Crippen LogP contribution in [0.1, 0.15) is 31.4 Å². The Kier molecular flexibility index (Phi) is 9.65. The van der Waals surface area contributed by atoms with Crippen molar-refractivity contribution in [1.82, 2.24) is 14.9 Å². The summed E-state index contributed by atoms with van der Waals surface area (Å²) in [5.74, 6) is -3.92. The second kappa shape index (κ2) is 13.7. The number of sulfonamides is 1. The third-order valence-electron chi connectivity index (χ3n) is 8.21. The van der Waals surface area contributed by atoms with E-state index in [1.165, 1.54) is 31.3 Å². The first-order valence-electron chi connectivity index (χ1n) is 15.0. The molecule has 0 bridgehead atoms. The Labute approximate surface area is 279 Å². The maximum Gasteiger partial charge on any atom is 0.303 e. The number of methoxy groups -OCH3 is 1. The summed E-state index contributed by atoms with van der Waals surface area (Å²) in [7, 11) is -2.94. The summed E-state index contributed by atoms with van der Waals surface area (Å²) in [5.41, 5.74) is -1.48. The summed E-state index contributed by atoms with van der Waals surface area (Å²) in [4.78, 5) is 22.0. The first-order chi connectivity index (χ1) is 22.9. The number of nitrogens with one attached hydrogen (secondary N) is 2. The fourth-order valence-corrected chi connectivity index (χ4v) is 7.40. The zero-order chi connectivity index (χ0) is 34.2. The van der Waals surface area contributed by atoms with Crippen LogP contribution in [0.15, 0.2) is 47.5 Å². The second-order valence-corrected chi connectivity index (χ2v) is 13.5. The molecular formula is C32H31ClF3N5O6S. The highest BCUT2D eigenvalue weighted by atomic mass is 35.5. The summed E-state index contributed by atoms with van der Waals surface area (Å²) < 4.78 is 91.8. The number of benzene rings is 3. The van der Waals surface area contributed by atoms with Gasteiger partial charge in [0.1, 0.15) is 28.9 Å². The Morgan fingerprint density at radius 2 is 1.90 bits per heavy atom. The fraction of sp³-hybridized carbons (Fsp3) is 0.344. The Morgan fingerprint density at radius 3 is 2.62 bits per heavy atom. The molecule has 4 aromatic rings. The van der Waals surface area contributed by atoms with Crippen molar-refractivity contribution in [2.75, 3.05) is 50.0 Å². The third-order valence-corrected chi connectivity index (χ3v) is 9.80. The molecule has 3 aromatic carbocycles. The highest BCUT2D eigenvalue weighted by molar-refractivity contribution is 7.92. The molecule has 254 valence electrons. The van der Waals surface area contributed by atoms with Crippen LogP contribution in [0.25, 0.3) is 22.0 Å². The van der Waals surface area contributed by atoms with Gasteiger partial charge in [0, 0.05) is 62.1 Å². The molecule has 1 fully saturated rings. The van der Waals surface area contributed by atoms with Gasteiger partial charge >= 0.3 is 5.97 Å². The van der Waals surface area contributed by atoms with Gasteiger partial charge in [0.25, 0.3) is 10.0 Å². The zero-order valence-corrected chi connectivity index (χ0v) is 27.4. The number of anilines is 2. The van der Waals surface area contributed by atoms with Crippen LogP contribution in [-0.2, 0) is 24.3 Å². The number of hydrogen-bond donors (Lipinski definition) is 2. The lowest BCUT2D eigenvalue weighted by atomic mass is 10.0. The number of aromatic nitrogens is 2. The van der Waals surface area contributed by atoms with Crippen molar-refractivity contribution in [1.29, 1.82) is 0 Å². The first kappa shape index (κ1) is 33.7. The van der Waals surface area contributed by atoms with Crippen molar-refractivity contribution in [3.63, 3.8) is 0 Å². The van der Waals surface area contributed by atoms with Crippen molar-refractivity contribution in [3.8, 4) is 16.9 Å². The van der Waals surface area contributed by atoms with Gasteiger partial charge < -0.3 is 24.4 Å². The SMILES string of the molecule is COCCN1CCC(Nc2ncc3c(F)c(-c4c(F)ccc(NS(=O)(=O)c5cc(Cl)cc6c5OC[C@H]6OC(C)=O)c4F)ccc3n2)CC1. The van der Waals surface area contributed by atoms with Crippen molar-refractivity contribution in [2.45, 2.75) is 36.8 Å². The second-order valence-electron chi connectivity index (χ2n) is 11.4. The number of carbonyl (C=O) groups excluding carboxylic acids is 1. The number of halogens is 4. The third kappa shape index (κ3) is 6.86. The molecule has 3 heterocycles. The van der Waals surface area contributed by atoms with E-state index in [0.717, 1.165) is 50.7 Å². The number of nitrogens with zero attached hydrogens (tertiary/aromatic N) is 3. The maximum atomic E-state index is 15.9. The minimum absolute atomic E-state index is 0.0146. The largest absolute Gasteiger partial charge is 0.487 e. The topological polar surface area (TPSA) is 132 Å². The van der Waals surface area contributed by atoms with Crippen LogP contribution < -0.4 is 14.8 Å². The van der Waals surface area contributed by atoms with Gasteiger partial charge in [-0.15, -0.1) is 0 Å². The van der Waals surface area contributed by atoms with E-state index < -0.39 is 61.3 Å². The molecule has 0 amide bonds. The lowest BCUT2D eigenvalue weighted by molar-refractivity contribution is -0.147. The molecule has 1 saturated heterocycles.